The standard InChI is InChI=1S/C16H24NO/c1-17(2)13-15(14-9-5-3-6-10-14)16(18)11-7-4-8-12-16/h5-6,9-10,15,18H,4,7-8,11-13H2,1-2H3. The number of nitrogens with zero attached hydrogens (tertiary/aromatic N) is 1. The van der Waals surface area contributed by atoms with Crippen molar-refractivity contribution in [1.82, 2.24) is 4.90 Å². The van der Waals surface area contributed by atoms with E-state index in [0.717, 1.165) is 32.2 Å². The maximum Gasteiger partial charge on any atom is 0.0728 e. The van der Waals surface area contributed by atoms with Crippen molar-refractivity contribution in [2.75, 3.05) is 20.6 Å². The van der Waals surface area contributed by atoms with Crippen LogP contribution in [0.4, 0.5) is 0 Å². The van der Waals surface area contributed by atoms with E-state index >= 15 is 0 Å². The molecule has 18 heavy (non-hydrogen) atoms. The fraction of sp³-hybridized carbons (Fsp3) is 0.625. The number of benzene rings is 1. The van der Waals surface area contributed by atoms with Crippen LogP contribution in [0.3, 0.4) is 0 Å². The Morgan fingerprint density at radius 2 is 1.83 bits per heavy atom. The first kappa shape index (κ1) is 13.6. The quantitative estimate of drug-likeness (QED) is 0.883. The van der Waals surface area contributed by atoms with Crippen LogP contribution < -0.4 is 0 Å². The first-order chi connectivity index (χ1) is 8.62. The third-order valence-electron chi connectivity index (χ3n) is 4.06. The van der Waals surface area contributed by atoms with E-state index in [2.05, 4.69) is 37.2 Å². The summed E-state index contributed by atoms with van der Waals surface area (Å²) < 4.78 is 0. The summed E-state index contributed by atoms with van der Waals surface area (Å²) in [6, 6.07) is 11.2. The van der Waals surface area contributed by atoms with Crippen LogP contribution in [-0.2, 0) is 0 Å². The summed E-state index contributed by atoms with van der Waals surface area (Å²) in [5.74, 6) is 0.211. The van der Waals surface area contributed by atoms with Crippen molar-refractivity contribution in [3.8, 4) is 0 Å². The number of rotatable bonds is 4. The molecule has 0 amide bonds. The minimum atomic E-state index is -0.524. The maximum absolute atomic E-state index is 11.0. The smallest absolute Gasteiger partial charge is 0.0728 e. The van der Waals surface area contributed by atoms with Crippen molar-refractivity contribution < 1.29 is 5.11 Å². The molecule has 1 saturated carbocycles. The molecule has 0 aromatic heterocycles. The maximum atomic E-state index is 11.0. The molecular weight excluding hydrogens is 222 g/mol. The molecule has 2 heteroatoms. The molecule has 1 atom stereocenters. The molecule has 1 unspecified atom stereocenters. The second kappa shape index (κ2) is 5.85. The average Bonchev–Trinajstić information content (AvgIpc) is 2.37. The van der Waals surface area contributed by atoms with Gasteiger partial charge in [-0.3, -0.25) is 0 Å². The average molecular weight is 246 g/mol. The van der Waals surface area contributed by atoms with E-state index < -0.39 is 5.60 Å². The third kappa shape index (κ3) is 3.12. The Hall–Kier alpha value is -0.860. The fourth-order valence-corrected chi connectivity index (χ4v) is 3.10. The van der Waals surface area contributed by atoms with Gasteiger partial charge >= 0.3 is 0 Å². The molecule has 1 aromatic carbocycles. The van der Waals surface area contributed by atoms with Gasteiger partial charge < -0.3 is 10.0 Å². The minimum Gasteiger partial charge on any atom is -0.389 e. The van der Waals surface area contributed by atoms with Crippen molar-refractivity contribution in [3.05, 3.63) is 35.9 Å². The number of likely N-dealkylation sites (N-methyl/N-ethyl adjacent to an activating group) is 1. The topological polar surface area (TPSA) is 23.5 Å². The van der Waals surface area contributed by atoms with Crippen LogP contribution in [-0.4, -0.2) is 36.2 Å². The zero-order chi connectivity index (χ0) is 13.0. The van der Waals surface area contributed by atoms with Gasteiger partial charge in [-0.1, -0.05) is 43.5 Å². The van der Waals surface area contributed by atoms with Crippen LogP contribution in [0.5, 0.6) is 0 Å². The number of hydrogen-bond acceptors (Lipinski definition) is 2. The van der Waals surface area contributed by atoms with Gasteiger partial charge in [0.1, 0.15) is 0 Å². The second-order valence-corrected chi connectivity index (χ2v) is 5.81. The lowest BCUT2D eigenvalue weighted by Gasteiger charge is -2.40. The highest BCUT2D eigenvalue weighted by atomic mass is 16.3. The summed E-state index contributed by atoms with van der Waals surface area (Å²) in [6.07, 6.45) is 5.44. The van der Waals surface area contributed by atoms with Gasteiger partial charge in [-0.2, -0.15) is 0 Å². The highest BCUT2D eigenvalue weighted by Gasteiger charge is 2.38. The molecule has 1 aliphatic rings. The Morgan fingerprint density at radius 1 is 1.22 bits per heavy atom. The molecule has 1 N–H and O–H groups in total. The van der Waals surface area contributed by atoms with Gasteiger partial charge in [0.2, 0.25) is 0 Å². The van der Waals surface area contributed by atoms with E-state index in [1.165, 1.54) is 12.0 Å². The van der Waals surface area contributed by atoms with Gasteiger partial charge in [-0.25, -0.2) is 0 Å². The lowest BCUT2D eigenvalue weighted by molar-refractivity contribution is -0.0277. The molecule has 1 radical (unpaired) electrons. The minimum absolute atomic E-state index is 0.211. The summed E-state index contributed by atoms with van der Waals surface area (Å²) >= 11 is 0. The van der Waals surface area contributed by atoms with Gasteiger partial charge in [0.05, 0.1) is 5.60 Å². The van der Waals surface area contributed by atoms with Gasteiger partial charge in [0.25, 0.3) is 0 Å². The predicted molar refractivity (Wildman–Crippen MR) is 74.6 cm³/mol. The van der Waals surface area contributed by atoms with Crippen molar-refractivity contribution >= 4 is 0 Å². The van der Waals surface area contributed by atoms with Crippen LogP contribution in [0.1, 0.15) is 43.6 Å². The molecule has 0 aliphatic heterocycles. The Kier molecular flexibility index (Phi) is 4.41. The largest absolute Gasteiger partial charge is 0.389 e. The van der Waals surface area contributed by atoms with E-state index in [9.17, 15) is 5.11 Å². The summed E-state index contributed by atoms with van der Waals surface area (Å²) in [5.41, 5.74) is 0.719. The van der Waals surface area contributed by atoms with Gasteiger partial charge in [-0.05, 0) is 38.6 Å². The molecule has 0 bridgehead atoms. The summed E-state index contributed by atoms with van der Waals surface area (Å²) in [6.45, 7) is 0.903. The lowest BCUT2D eigenvalue weighted by atomic mass is 9.72. The third-order valence-corrected chi connectivity index (χ3v) is 4.06. The van der Waals surface area contributed by atoms with Crippen LogP contribution >= 0.6 is 0 Å². The highest BCUT2D eigenvalue weighted by Crippen LogP contribution is 2.40. The first-order valence-electron chi connectivity index (χ1n) is 6.95. The highest BCUT2D eigenvalue weighted by molar-refractivity contribution is 5.23. The Bertz CT molecular complexity index is 355. The fourth-order valence-electron chi connectivity index (χ4n) is 3.10. The summed E-state index contributed by atoms with van der Waals surface area (Å²) in [7, 11) is 4.16. The summed E-state index contributed by atoms with van der Waals surface area (Å²) in [5, 5.41) is 11.0. The molecule has 2 rings (SSSR count). The van der Waals surface area contributed by atoms with Crippen LogP contribution in [0.2, 0.25) is 0 Å². The number of hydrogen-bond donors (Lipinski definition) is 1. The molecule has 1 aromatic rings. The SMILES string of the molecule is CN(C)CC(c1cc[c]cc1)C1(O)CCCCC1. The second-order valence-electron chi connectivity index (χ2n) is 5.81. The first-order valence-corrected chi connectivity index (χ1v) is 6.95. The monoisotopic (exact) mass is 246 g/mol. The Morgan fingerprint density at radius 3 is 2.39 bits per heavy atom. The molecule has 1 fully saturated rings. The number of aliphatic hydroxyl groups is 1. The van der Waals surface area contributed by atoms with Crippen LogP contribution in [0, 0.1) is 6.07 Å². The zero-order valence-corrected chi connectivity index (χ0v) is 11.5. The molecule has 2 nitrogen and oxygen atoms in total. The van der Waals surface area contributed by atoms with Gasteiger partial charge in [0, 0.05) is 12.5 Å². The Labute approximate surface area is 111 Å². The van der Waals surface area contributed by atoms with Crippen molar-refractivity contribution in [2.24, 2.45) is 0 Å². The normalized spacial score (nSPS) is 20.9. The molecule has 0 saturated heterocycles. The van der Waals surface area contributed by atoms with Crippen LogP contribution in [0.25, 0.3) is 0 Å². The van der Waals surface area contributed by atoms with Gasteiger partial charge in [-0.15, -0.1) is 0 Å². The molecule has 99 valence electrons. The zero-order valence-electron chi connectivity index (χ0n) is 11.5. The molecule has 0 spiro atoms. The molecular formula is C16H24NO. The predicted octanol–water partition coefficient (Wildman–Crippen LogP) is 2.83. The van der Waals surface area contributed by atoms with Gasteiger partial charge in [0.15, 0.2) is 0 Å². The summed E-state index contributed by atoms with van der Waals surface area (Å²) in [4.78, 5) is 2.17. The van der Waals surface area contributed by atoms with Crippen molar-refractivity contribution in [2.45, 2.75) is 43.6 Å². The van der Waals surface area contributed by atoms with Crippen molar-refractivity contribution in [1.29, 1.82) is 0 Å². The van der Waals surface area contributed by atoms with E-state index in [1.807, 2.05) is 12.1 Å². The van der Waals surface area contributed by atoms with E-state index in [0.29, 0.717) is 0 Å². The van der Waals surface area contributed by atoms with Crippen molar-refractivity contribution in [3.63, 3.8) is 0 Å². The molecule has 0 heterocycles. The lowest BCUT2D eigenvalue weighted by Crippen LogP contribution is -2.42. The van der Waals surface area contributed by atoms with E-state index in [1.54, 1.807) is 0 Å². The van der Waals surface area contributed by atoms with E-state index in [4.69, 9.17) is 0 Å². The van der Waals surface area contributed by atoms with Crippen LogP contribution in [0.15, 0.2) is 24.3 Å². The Balaban J connectivity index is 2.24. The molecule has 1 aliphatic carbocycles. The van der Waals surface area contributed by atoms with E-state index in [-0.39, 0.29) is 5.92 Å².